The maximum atomic E-state index is 11.0. The van der Waals surface area contributed by atoms with Gasteiger partial charge in [0.1, 0.15) is 0 Å². The van der Waals surface area contributed by atoms with E-state index in [2.05, 4.69) is 0 Å². The summed E-state index contributed by atoms with van der Waals surface area (Å²) in [7, 11) is 0. The van der Waals surface area contributed by atoms with Crippen LogP contribution in [0.5, 0.6) is 0 Å². The Morgan fingerprint density at radius 1 is 0.882 bits per heavy atom. The number of carboxylic acids is 2. The molecule has 0 bridgehead atoms. The molecule has 0 fully saturated rings. The van der Waals surface area contributed by atoms with Gasteiger partial charge in [0.15, 0.2) is 0 Å². The highest BCUT2D eigenvalue weighted by atomic mass is 35.5. The molecule has 0 aromatic heterocycles. The topological polar surface area (TPSA) is 74.6 Å². The summed E-state index contributed by atoms with van der Waals surface area (Å²) in [6, 6.07) is 7.51. The molecule has 0 aliphatic heterocycles. The van der Waals surface area contributed by atoms with Gasteiger partial charge < -0.3 is 10.2 Å². The number of aromatic carboxylic acids is 2. The number of hydrogen-bond acceptors (Lipinski definition) is 2. The predicted octanol–water partition coefficient (Wildman–Crippen LogP) is 2.89. The average Bonchev–Trinajstić information content (AvgIpc) is 2.26. The zero-order chi connectivity index (χ0) is 12.6. The standard InChI is InChI=1S/C12H7ClO4/c13-8-2-1-6-4-9(11(14)15)10(12(16)17)5-7(6)3-8/h1-5H,(H,14,15)(H,16,17). The molecule has 0 radical (unpaired) electrons. The van der Waals surface area contributed by atoms with E-state index < -0.39 is 11.9 Å². The largest absolute Gasteiger partial charge is 0.478 e. The summed E-state index contributed by atoms with van der Waals surface area (Å²) in [4.78, 5) is 21.9. The second-order valence-corrected chi connectivity index (χ2v) is 3.94. The number of rotatable bonds is 2. The molecule has 2 N–H and O–H groups in total. The molecule has 5 heteroatoms. The van der Waals surface area contributed by atoms with Crippen LogP contribution in [0.2, 0.25) is 5.02 Å². The first kappa shape index (κ1) is 11.4. The third-order valence-corrected chi connectivity index (χ3v) is 2.63. The number of benzene rings is 2. The molecular weight excluding hydrogens is 244 g/mol. The molecule has 2 aromatic carbocycles. The van der Waals surface area contributed by atoms with E-state index in [1.54, 1.807) is 18.2 Å². The molecule has 0 amide bonds. The third-order valence-electron chi connectivity index (χ3n) is 2.40. The third kappa shape index (κ3) is 2.07. The minimum Gasteiger partial charge on any atom is -0.478 e. The van der Waals surface area contributed by atoms with Crippen LogP contribution in [0.1, 0.15) is 20.7 Å². The highest BCUT2D eigenvalue weighted by molar-refractivity contribution is 6.31. The van der Waals surface area contributed by atoms with Crippen molar-refractivity contribution in [3.05, 3.63) is 46.5 Å². The predicted molar refractivity (Wildman–Crippen MR) is 62.9 cm³/mol. The molecule has 0 heterocycles. The van der Waals surface area contributed by atoms with Crippen LogP contribution in [0.25, 0.3) is 10.8 Å². The molecule has 0 saturated heterocycles. The normalized spacial score (nSPS) is 10.4. The van der Waals surface area contributed by atoms with Crippen LogP contribution in [0.4, 0.5) is 0 Å². The number of hydrogen-bond donors (Lipinski definition) is 2. The Morgan fingerprint density at radius 3 is 1.94 bits per heavy atom. The first-order chi connectivity index (χ1) is 7.99. The van der Waals surface area contributed by atoms with Crippen molar-refractivity contribution in [2.45, 2.75) is 0 Å². The molecule has 86 valence electrons. The van der Waals surface area contributed by atoms with E-state index >= 15 is 0 Å². The fourth-order valence-electron chi connectivity index (χ4n) is 1.62. The highest BCUT2D eigenvalue weighted by Crippen LogP contribution is 2.23. The molecule has 17 heavy (non-hydrogen) atoms. The van der Waals surface area contributed by atoms with Gasteiger partial charge >= 0.3 is 11.9 Å². The minimum absolute atomic E-state index is 0.229. The van der Waals surface area contributed by atoms with Gasteiger partial charge in [0.25, 0.3) is 0 Å². The van der Waals surface area contributed by atoms with E-state index in [0.29, 0.717) is 15.8 Å². The van der Waals surface area contributed by atoms with Crippen molar-refractivity contribution in [1.29, 1.82) is 0 Å². The van der Waals surface area contributed by atoms with Gasteiger partial charge in [-0.25, -0.2) is 9.59 Å². The summed E-state index contributed by atoms with van der Waals surface area (Å²) in [5, 5.41) is 19.6. The number of carboxylic acid groups (broad SMARTS) is 2. The van der Waals surface area contributed by atoms with Crippen LogP contribution in [-0.2, 0) is 0 Å². The van der Waals surface area contributed by atoms with E-state index in [4.69, 9.17) is 21.8 Å². The van der Waals surface area contributed by atoms with Gasteiger partial charge in [-0.1, -0.05) is 17.7 Å². The van der Waals surface area contributed by atoms with Crippen LogP contribution < -0.4 is 0 Å². The summed E-state index contributed by atoms with van der Waals surface area (Å²) >= 11 is 5.79. The molecule has 0 atom stereocenters. The second-order valence-electron chi connectivity index (χ2n) is 3.50. The van der Waals surface area contributed by atoms with Gasteiger partial charge in [0.2, 0.25) is 0 Å². The van der Waals surface area contributed by atoms with Crippen LogP contribution in [0, 0.1) is 0 Å². The number of carbonyl (C=O) groups is 2. The van der Waals surface area contributed by atoms with E-state index in [1.165, 1.54) is 12.1 Å². The lowest BCUT2D eigenvalue weighted by Crippen LogP contribution is -2.07. The lowest BCUT2D eigenvalue weighted by Gasteiger charge is -2.05. The maximum absolute atomic E-state index is 11.0. The smallest absolute Gasteiger partial charge is 0.336 e. The Morgan fingerprint density at radius 2 is 1.41 bits per heavy atom. The van der Waals surface area contributed by atoms with Gasteiger partial charge in [0, 0.05) is 5.02 Å². The van der Waals surface area contributed by atoms with Gasteiger partial charge in [0.05, 0.1) is 11.1 Å². The first-order valence-corrected chi connectivity index (χ1v) is 5.07. The highest BCUT2D eigenvalue weighted by Gasteiger charge is 2.16. The first-order valence-electron chi connectivity index (χ1n) is 4.69. The van der Waals surface area contributed by atoms with Gasteiger partial charge in [-0.3, -0.25) is 0 Å². The van der Waals surface area contributed by atoms with E-state index in [1.807, 2.05) is 0 Å². The summed E-state index contributed by atoms with van der Waals surface area (Å²) in [5.74, 6) is -2.54. The summed E-state index contributed by atoms with van der Waals surface area (Å²) < 4.78 is 0. The quantitative estimate of drug-likeness (QED) is 0.859. The number of halogens is 1. The van der Waals surface area contributed by atoms with E-state index in [9.17, 15) is 9.59 Å². The molecule has 2 rings (SSSR count). The molecule has 0 aliphatic carbocycles. The van der Waals surface area contributed by atoms with E-state index in [-0.39, 0.29) is 11.1 Å². The Bertz CT molecular complexity index is 634. The van der Waals surface area contributed by atoms with Crippen LogP contribution in [0.15, 0.2) is 30.3 Å². The summed E-state index contributed by atoms with van der Waals surface area (Å²) in [6.07, 6.45) is 0. The SMILES string of the molecule is O=C(O)c1cc2ccc(Cl)cc2cc1C(=O)O. The van der Waals surface area contributed by atoms with Gasteiger partial charge in [-0.15, -0.1) is 0 Å². The summed E-state index contributed by atoms with van der Waals surface area (Å²) in [5.41, 5.74) is -0.473. The van der Waals surface area contributed by atoms with E-state index in [0.717, 1.165) is 0 Å². The molecule has 0 spiro atoms. The zero-order valence-corrected chi connectivity index (χ0v) is 9.23. The molecule has 0 aliphatic rings. The lowest BCUT2D eigenvalue weighted by atomic mass is 10.0. The van der Waals surface area contributed by atoms with Crippen molar-refractivity contribution in [1.82, 2.24) is 0 Å². The summed E-state index contributed by atoms with van der Waals surface area (Å²) in [6.45, 7) is 0. The molecule has 2 aromatic rings. The van der Waals surface area contributed by atoms with Crippen molar-refractivity contribution in [2.75, 3.05) is 0 Å². The van der Waals surface area contributed by atoms with Crippen molar-refractivity contribution in [3.63, 3.8) is 0 Å². The molecule has 0 unspecified atom stereocenters. The Balaban J connectivity index is 2.81. The Hall–Kier alpha value is -2.07. The van der Waals surface area contributed by atoms with Crippen LogP contribution in [-0.4, -0.2) is 22.2 Å². The molecule has 0 saturated carbocycles. The van der Waals surface area contributed by atoms with Crippen molar-refractivity contribution in [2.24, 2.45) is 0 Å². The Kier molecular flexibility index (Phi) is 2.73. The van der Waals surface area contributed by atoms with Gasteiger partial charge in [-0.2, -0.15) is 0 Å². The maximum Gasteiger partial charge on any atom is 0.336 e. The fourth-order valence-corrected chi connectivity index (χ4v) is 1.80. The van der Waals surface area contributed by atoms with Crippen molar-refractivity contribution >= 4 is 34.3 Å². The van der Waals surface area contributed by atoms with Crippen LogP contribution >= 0.6 is 11.6 Å². The fraction of sp³-hybridized carbons (Fsp3) is 0. The van der Waals surface area contributed by atoms with Gasteiger partial charge in [-0.05, 0) is 35.0 Å². The molecule has 4 nitrogen and oxygen atoms in total. The monoisotopic (exact) mass is 250 g/mol. The number of fused-ring (bicyclic) bond motifs is 1. The zero-order valence-electron chi connectivity index (χ0n) is 8.48. The molecular formula is C12H7ClO4. The van der Waals surface area contributed by atoms with Crippen LogP contribution in [0.3, 0.4) is 0 Å². The average molecular weight is 251 g/mol. The minimum atomic E-state index is -1.27. The van der Waals surface area contributed by atoms with Crippen molar-refractivity contribution < 1.29 is 19.8 Å². The lowest BCUT2D eigenvalue weighted by molar-refractivity contribution is 0.0652. The van der Waals surface area contributed by atoms with Crippen molar-refractivity contribution in [3.8, 4) is 0 Å². The Labute approximate surface area is 101 Å². The second kappa shape index (κ2) is 4.07.